The summed E-state index contributed by atoms with van der Waals surface area (Å²) in [5, 5.41) is 1.94. The van der Waals surface area contributed by atoms with Gasteiger partial charge in [-0.1, -0.05) is 76.1 Å². The maximum atomic E-state index is 11.3. The summed E-state index contributed by atoms with van der Waals surface area (Å²) < 4.78 is 31.7. The van der Waals surface area contributed by atoms with Crippen molar-refractivity contribution in [3.63, 3.8) is 0 Å². The van der Waals surface area contributed by atoms with Crippen LogP contribution in [0, 0.1) is 0 Å². The molecule has 0 unspecified atom stereocenters. The molecule has 2 aromatic rings. The molecular formula is C20H28O3S. The normalized spacial score (nSPS) is 11.9. The van der Waals surface area contributed by atoms with E-state index in [0.717, 1.165) is 23.6 Å². The first-order valence-corrected chi connectivity index (χ1v) is 10.5. The molecule has 2 aromatic carbocycles. The van der Waals surface area contributed by atoms with Crippen molar-refractivity contribution in [3.05, 3.63) is 42.0 Å². The highest BCUT2D eigenvalue weighted by molar-refractivity contribution is 7.85. The Morgan fingerprint density at radius 3 is 2.21 bits per heavy atom. The molecule has 0 amide bonds. The van der Waals surface area contributed by atoms with E-state index in [4.69, 9.17) is 4.55 Å². The van der Waals surface area contributed by atoms with Gasteiger partial charge in [0.05, 0.1) is 4.90 Å². The molecule has 0 radical (unpaired) electrons. The van der Waals surface area contributed by atoms with Gasteiger partial charge >= 0.3 is 0 Å². The molecule has 0 aliphatic rings. The predicted molar refractivity (Wildman–Crippen MR) is 100 cm³/mol. The van der Waals surface area contributed by atoms with Crippen LogP contribution in [0.5, 0.6) is 0 Å². The molecule has 24 heavy (non-hydrogen) atoms. The summed E-state index contributed by atoms with van der Waals surface area (Å²) in [5.74, 6) is 0. The first kappa shape index (κ1) is 18.9. The van der Waals surface area contributed by atoms with E-state index in [1.54, 1.807) is 12.1 Å². The van der Waals surface area contributed by atoms with Crippen molar-refractivity contribution < 1.29 is 13.0 Å². The zero-order chi connectivity index (χ0) is 17.4. The summed E-state index contributed by atoms with van der Waals surface area (Å²) in [6.45, 7) is 2.24. The standard InChI is InChI=1S/C20H28O3S/c1-2-3-4-5-6-7-8-9-11-17-12-10-13-18-16-19(24(21,22)23)14-15-20(17)18/h10,12-16H,2-9,11H2,1H3,(H,21,22,23). The maximum absolute atomic E-state index is 11.3. The van der Waals surface area contributed by atoms with Crippen LogP contribution in [0.25, 0.3) is 10.8 Å². The van der Waals surface area contributed by atoms with Gasteiger partial charge in [0.1, 0.15) is 0 Å². The maximum Gasteiger partial charge on any atom is 0.294 e. The summed E-state index contributed by atoms with van der Waals surface area (Å²) in [7, 11) is -4.14. The van der Waals surface area contributed by atoms with Crippen LogP contribution in [-0.4, -0.2) is 13.0 Å². The lowest BCUT2D eigenvalue weighted by molar-refractivity contribution is 0.483. The summed E-state index contributed by atoms with van der Waals surface area (Å²) >= 11 is 0. The SMILES string of the molecule is CCCCCCCCCCc1cccc2cc(S(=O)(=O)O)ccc12. The fourth-order valence-electron chi connectivity index (χ4n) is 3.16. The predicted octanol–water partition coefficient (Wildman–Crippen LogP) is 5.77. The number of aryl methyl sites for hydroxylation is 1. The van der Waals surface area contributed by atoms with Gasteiger partial charge in [-0.25, -0.2) is 0 Å². The highest BCUT2D eigenvalue weighted by atomic mass is 32.2. The minimum absolute atomic E-state index is 0.0424. The molecule has 0 saturated carbocycles. The molecule has 3 nitrogen and oxygen atoms in total. The third kappa shape index (κ3) is 5.60. The second kappa shape index (κ2) is 9.19. The Labute approximate surface area is 145 Å². The molecule has 0 saturated heterocycles. The Morgan fingerprint density at radius 2 is 1.54 bits per heavy atom. The van der Waals surface area contributed by atoms with E-state index >= 15 is 0 Å². The summed E-state index contributed by atoms with van der Waals surface area (Å²) in [4.78, 5) is -0.0424. The zero-order valence-corrected chi connectivity index (χ0v) is 15.3. The lowest BCUT2D eigenvalue weighted by Gasteiger charge is -2.08. The number of fused-ring (bicyclic) bond motifs is 1. The number of benzene rings is 2. The quantitative estimate of drug-likeness (QED) is 0.438. The fourth-order valence-corrected chi connectivity index (χ4v) is 3.67. The van der Waals surface area contributed by atoms with Gasteiger partial charge in [-0.2, -0.15) is 8.42 Å². The molecule has 4 heteroatoms. The summed E-state index contributed by atoms with van der Waals surface area (Å²) in [6, 6.07) is 10.8. The zero-order valence-electron chi connectivity index (χ0n) is 14.5. The molecular weight excluding hydrogens is 320 g/mol. The van der Waals surface area contributed by atoms with Gasteiger partial charge in [-0.3, -0.25) is 4.55 Å². The average Bonchev–Trinajstić information content (AvgIpc) is 2.56. The van der Waals surface area contributed by atoms with Crippen molar-refractivity contribution in [1.82, 2.24) is 0 Å². The lowest BCUT2D eigenvalue weighted by Crippen LogP contribution is -1.98. The van der Waals surface area contributed by atoms with Crippen LogP contribution < -0.4 is 0 Å². The molecule has 0 fully saturated rings. The van der Waals surface area contributed by atoms with Crippen LogP contribution in [0.15, 0.2) is 41.3 Å². The van der Waals surface area contributed by atoms with Gasteiger partial charge in [-0.15, -0.1) is 0 Å². The van der Waals surface area contributed by atoms with E-state index in [0.29, 0.717) is 0 Å². The molecule has 2 rings (SSSR count). The number of hydrogen-bond acceptors (Lipinski definition) is 2. The topological polar surface area (TPSA) is 54.4 Å². The average molecular weight is 349 g/mol. The molecule has 132 valence electrons. The van der Waals surface area contributed by atoms with Gasteiger partial charge in [0.15, 0.2) is 0 Å². The minimum atomic E-state index is -4.14. The van der Waals surface area contributed by atoms with Gasteiger partial charge in [-0.05, 0) is 41.3 Å². The minimum Gasteiger partial charge on any atom is -0.282 e. The Kier molecular flexibility index (Phi) is 7.25. The largest absolute Gasteiger partial charge is 0.294 e. The molecule has 0 aliphatic carbocycles. The molecule has 0 bridgehead atoms. The van der Waals surface area contributed by atoms with Crippen molar-refractivity contribution in [2.45, 2.75) is 69.6 Å². The van der Waals surface area contributed by atoms with Gasteiger partial charge in [0.25, 0.3) is 10.1 Å². The first-order chi connectivity index (χ1) is 11.5. The van der Waals surface area contributed by atoms with Gasteiger partial charge in [0, 0.05) is 0 Å². The van der Waals surface area contributed by atoms with E-state index in [1.165, 1.54) is 56.6 Å². The van der Waals surface area contributed by atoms with Crippen molar-refractivity contribution >= 4 is 20.9 Å². The Hall–Kier alpha value is -1.39. The van der Waals surface area contributed by atoms with E-state index < -0.39 is 10.1 Å². The first-order valence-electron chi connectivity index (χ1n) is 9.01. The van der Waals surface area contributed by atoms with Crippen molar-refractivity contribution in [2.24, 2.45) is 0 Å². The molecule has 0 heterocycles. The second-order valence-corrected chi connectivity index (χ2v) is 7.92. The molecule has 0 aromatic heterocycles. The third-order valence-corrected chi connectivity index (χ3v) is 5.39. The van der Waals surface area contributed by atoms with E-state index in [2.05, 4.69) is 13.0 Å². The summed E-state index contributed by atoms with van der Waals surface area (Å²) in [5.41, 5.74) is 1.25. The molecule has 0 aliphatic heterocycles. The molecule has 0 spiro atoms. The van der Waals surface area contributed by atoms with Crippen LogP contribution >= 0.6 is 0 Å². The van der Waals surface area contributed by atoms with Gasteiger partial charge in [0.2, 0.25) is 0 Å². The van der Waals surface area contributed by atoms with Crippen LogP contribution in [0.2, 0.25) is 0 Å². The van der Waals surface area contributed by atoms with E-state index in [9.17, 15) is 8.42 Å². The van der Waals surface area contributed by atoms with Gasteiger partial charge < -0.3 is 0 Å². The Balaban J connectivity index is 1.91. The van der Waals surface area contributed by atoms with Crippen LogP contribution in [-0.2, 0) is 16.5 Å². The molecule has 0 atom stereocenters. The molecule has 1 N–H and O–H groups in total. The number of rotatable bonds is 10. The monoisotopic (exact) mass is 348 g/mol. The third-order valence-electron chi connectivity index (χ3n) is 4.54. The smallest absolute Gasteiger partial charge is 0.282 e. The summed E-state index contributed by atoms with van der Waals surface area (Å²) in [6.07, 6.45) is 11.4. The Bertz CT molecular complexity index is 751. The lowest BCUT2D eigenvalue weighted by atomic mass is 9.99. The van der Waals surface area contributed by atoms with Crippen LogP contribution in [0.1, 0.15) is 63.9 Å². The van der Waals surface area contributed by atoms with Crippen LogP contribution in [0.3, 0.4) is 0 Å². The van der Waals surface area contributed by atoms with E-state index in [-0.39, 0.29) is 4.90 Å². The van der Waals surface area contributed by atoms with Crippen molar-refractivity contribution in [1.29, 1.82) is 0 Å². The number of unbranched alkanes of at least 4 members (excludes halogenated alkanes) is 7. The second-order valence-electron chi connectivity index (χ2n) is 6.50. The van der Waals surface area contributed by atoms with E-state index in [1.807, 2.05) is 12.1 Å². The highest BCUT2D eigenvalue weighted by Crippen LogP contribution is 2.24. The van der Waals surface area contributed by atoms with Crippen molar-refractivity contribution in [2.75, 3.05) is 0 Å². The van der Waals surface area contributed by atoms with Crippen molar-refractivity contribution in [3.8, 4) is 0 Å². The fraction of sp³-hybridized carbons (Fsp3) is 0.500. The number of hydrogen-bond donors (Lipinski definition) is 1. The van der Waals surface area contributed by atoms with Crippen LogP contribution in [0.4, 0.5) is 0 Å². The highest BCUT2D eigenvalue weighted by Gasteiger charge is 2.10. The Morgan fingerprint density at radius 1 is 0.875 bits per heavy atom.